The van der Waals surface area contributed by atoms with Gasteiger partial charge in [0.25, 0.3) is 0 Å². The fraction of sp³-hybridized carbons (Fsp3) is 0.950. The molecule has 2 atom stereocenters. The van der Waals surface area contributed by atoms with Gasteiger partial charge in [-0.2, -0.15) is 0 Å². The van der Waals surface area contributed by atoms with Gasteiger partial charge in [0.1, 0.15) is 0 Å². The predicted octanol–water partition coefficient (Wildman–Crippen LogP) is 5.35. The van der Waals surface area contributed by atoms with E-state index in [1.54, 1.807) is 6.92 Å². The summed E-state index contributed by atoms with van der Waals surface area (Å²) >= 11 is 0. The van der Waals surface area contributed by atoms with E-state index >= 15 is 0 Å². The molecule has 2 N–H and O–H groups in total. The van der Waals surface area contributed by atoms with E-state index in [2.05, 4.69) is 19.2 Å². The number of amides is 1. The maximum Gasteiger partial charge on any atom is 0.217 e. The van der Waals surface area contributed by atoms with Gasteiger partial charge in [0, 0.05) is 6.92 Å². The molecule has 0 rings (SSSR count). The van der Waals surface area contributed by atoms with Gasteiger partial charge in [-0.05, 0) is 12.8 Å². The van der Waals surface area contributed by atoms with Crippen molar-refractivity contribution in [2.45, 2.75) is 123 Å². The highest BCUT2D eigenvalue weighted by Crippen LogP contribution is 2.15. The van der Waals surface area contributed by atoms with E-state index in [9.17, 15) is 9.90 Å². The maximum absolute atomic E-state index is 11.4. The molecule has 0 spiro atoms. The lowest BCUT2D eigenvalue weighted by Gasteiger charge is -2.24. The topological polar surface area (TPSA) is 49.3 Å². The second kappa shape index (κ2) is 16.3. The molecule has 0 aliphatic rings. The Bertz CT molecular complexity index is 268. The smallest absolute Gasteiger partial charge is 0.217 e. The van der Waals surface area contributed by atoms with Crippen LogP contribution in [0.25, 0.3) is 0 Å². The Labute approximate surface area is 144 Å². The standard InChI is InChI=1S/C20H41NO2/c1-4-6-8-10-12-14-16-19(21-18(3)22)20(23)17-15-13-11-9-7-5-2/h19-20,23H,4-17H2,1-3H3,(H,21,22). The molecule has 2 unspecified atom stereocenters. The summed E-state index contributed by atoms with van der Waals surface area (Å²) in [5.41, 5.74) is 0. The molecule has 0 aromatic heterocycles. The summed E-state index contributed by atoms with van der Waals surface area (Å²) in [6.45, 7) is 6.00. The minimum atomic E-state index is -0.388. The van der Waals surface area contributed by atoms with Gasteiger partial charge in [0.05, 0.1) is 12.1 Å². The first-order chi connectivity index (χ1) is 11.1. The number of rotatable bonds is 16. The van der Waals surface area contributed by atoms with E-state index < -0.39 is 0 Å². The van der Waals surface area contributed by atoms with Gasteiger partial charge in [0.15, 0.2) is 0 Å². The largest absolute Gasteiger partial charge is 0.391 e. The minimum Gasteiger partial charge on any atom is -0.391 e. The van der Waals surface area contributed by atoms with Crippen LogP contribution in [0.2, 0.25) is 0 Å². The van der Waals surface area contributed by atoms with Crippen molar-refractivity contribution < 1.29 is 9.90 Å². The lowest BCUT2D eigenvalue weighted by molar-refractivity contribution is -0.120. The molecule has 0 saturated carbocycles. The van der Waals surface area contributed by atoms with Crippen LogP contribution < -0.4 is 5.32 Å². The Morgan fingerprint density at radius 1 is 0.783 bits per heavy atom. The second-order valence-corrected chi connectivity index (χ2v) is 6.99. The fourth-order valence-corrected chi connectivity index (χ4v) is 3.10. The maximum atomic E-state index is 11.4. The average Bonchev–Trinajstić information content (AvgIpc) is 2.52. The van der Waals surface area contributed by atoms with Crippen molar-refractivity contribution >= 4 is 5.91 Å². The Hall–Kier alpha value is -0.570. The average molecular weight is 328 g/mol. The number of carbonyl (C=O) groups excluding carboxylic acids is 1. The summed E-state index contributed by atoms with van der Waals surface area (Å²) in [6.07, 6.45) is 16.2. The monoisotopic (exact) mass is 327 g/mol. The molecular weight excluding hydrogens is 286 g/mol. The summed E-state index contributed by atoms with van der Waals surface area (Å²) in [7, 11) is 0. The van der Waals surface area contributed by atoms with Crippen molar-refractivity contribution in [3.8, 4) is 0 Å². The Morgan fingerprint density at radius 3 is 1.70 bits per heavy atom. The first-order valence-corrected chi connectivity index (χ1v) is 10.1. The van der Waals surface area contributed by atoms with Crippen molar-refractivity contribution in [3.05, 3.63) is 0 Å². The van der Waals surface area contributed by atoms with E-state index in [4.69, 9.17) is 0 Å². The lowest BCUT2D eigenvalue weighted by atomic mass is 9.97. The molecule has 0 bridgehead atoms. The fourth-order valence-electron chi connectivity index (χ4n) is 3.10. The number of nitrogens with one attached hydrogen (secondary N) is 1. The van der Waals surface area contributed by atoms with E-state index in [-0.39, 0.29) is 18.1 Å². The minimum absolute atomic E-state index is 0.0250. The third-order valence-corrected chi connectivity index (χ3v) is 4.58. The predicted molar refractivity (Wildman–Crippen MR) is 99.6 cm³/mol. The number of aliphatic hydroxyl groups is 1. The molecule has 23 heavy (non-hydrogen) atoms. The summed E-state index contributed by atoms with van der Waals surface area (Å²) in [4.78, 5) is 11.4. The van der Waals surface area contributed by atoms with E-state index in [1.165, 1.54) is 64.2 Å². The number of hydrogen-bond donors (Lipinski definition) is 2. The van der Waals surface area contributed by atoms with Crippen molar-refractivity contribution in [2.75, 3.05) is 0 Å². The van der Waals surface area contributed by atoms with Crippen molar-refractivity contribution in [3.63, 3.8) is 0 Å². The second-order valence-electron chi connectivity index (χ2n) is 6.99. The van der Waals surface area contributed by atoms with Crippen LogP contribution in [0.5, 0.6) is 0 Å². The summed E-state index contributed by atoms with van der Waals surface area (Å²) in [5, 5.41) is 13.3. The normalized spacial score (nSPS) is 13.7. The third-order valence-electron chi connectivity index (χ3n) is 4.58. The highest BCUT2D eigenvalue weighted by Gasteiger charge is 2.19. The molecule has 3 heteroatoms. The van der Waals surface area contributed by atoms with E-state index in [1.807, 2.05) is 0 Å². The van der Waals surface area contributed by atoms with Gasteiger partial charge in [-0.25, -0.2) is 0 Å². The number of hydrogen-bond acceptors (Lipinski definition) is 2. The SMILES string of the molecule is CCCCCCCCC(O)C(CCCCCCCC)NC(C)=O. The molecule has 0 radical (unpaired) electrons. The molecule has 0 aromatic carbocycles. The van der Waals surface area contributed by atoms with Gasteiger partial charge < -0.3 is 10.4 Å². The first-order valence-electron chi connectivity index (χ1n) is 10.1. The Balaban J connectivity index is 3.88. The molecule has 138 valence electrons. The number of aliphatic hydroxyl groups excluding tert-OH is 1. The third kappa shape index (κ3) is 14.7. The van der Waals surface area contributed by atoms with E-state index in [0.717, 1.165) is 25.7 Å². The summed E-state index contributed by atoms with van der Waals surface area (Å²) in [5.74, 6) is -0.0250. The molecule has 0 fully saturated rings. The molecule has 0 aliphatic carbocycles. The number of unbranched alkanes of at least 4 members (excludes halogenated alkanes) is 10. The zero-order valence-electron chi connectivity index (χ0n) is 15.9. The van der Waals surface area contributed by atoms with Gasteiger partial charge >= 0.3 is 0 Å². The highest BCUT2D eigenvalue weighted by molar-refractivity contribution is 5.73. The number of carbonyl (C=O) groups is 1. The van der Waals surface area contributed by atoms with Crippen LogP contribution in [0.15, 0.2) is 0 Å². The molecule has 1 amide bonds. The van der Waals surface area contributed by atoms with Gasteiger partial charge in [-0.15, -0.1) is 0 Å². The molecule has 0 aromatic rings. The first kappa shape index (κ1) is 22.4. The van der Waals surface area contributed by atoms with Crippen LogP contribution in [0.1, 0.15) is 111 Å². The van der Waals surface area contributed by atoms with Crippen LogP contribution in [-0.2, 0) is 4.79 Å². The van der Waals surface area contributed by atoms with E-state index in [0.29, 0.717) is 0 Å². The van der Waals surface area contributed by atoms with Crippen molar-refractivity contribution in [1.82, 2.24) is 5.32 Å². The van der Waals surface area contributed by atoms with Gasteiger partial charge in [-0.3, -0.25) is 4.79 Å². The summed E-state index contributed by atoms with van der Waals surface area (Å²) < 4.78 is 0. The van der Waals surface area contributed by atoms with Gasteiger partial charge in [-0.1, -0.05) is 90.9 Å². The quantitative estimate of drug-likeness (QED) is 0.375. The van der Waals surface area contributed by atoms with Gasteiger partial charge in [0.2, 0.25) is 5.91 Å². The molecule has 0 aliphatic heterocycles. The zero-order valence-corrected chi connectivity index (χ0v) is 15.9. The van der Waals surface area contributed by atoms with Crippen LogP contribution in [-0.4, -0.2) is 23.2 Å². The van der Waals surface area contributed by atoms with Crippen LogP contribution in [0, 0.1) is 0 Å². The zero-order chi connectivity index (χ0) is 17.3. The molecule has 3 nitrogen and oxygen atoms in total. The molecule has 0 saturated heterocycles. The Kier molecular flexibility index (Phi) is 15.9. The van der Waals surface area contributed by atoms with Crippen molar-refractivity contribution in [1.29, 1.82) is 0 Å². The van der Waals surface area contributed by atoms with Crippen LogP contribution in [0.3, 0.4) is 0 Å². The molecular formula is C20H41NO2. The lowest BCUT2D eigenvalue weighted by Crippen LogP contribution is -2.42. The summed E-state index contributed by atoms with van der Waals surface area (Å²) in [6, 6.07) is -0.0608. The van der Waals surface area contributed by atoms with Crippen LogP contribution >= 0.6 is 0 Å². The highest BCUT2D eigenvalue weighted by atomic mass is 16.3. The van der Waals surface area contributed by atoms with Crippen LogP contribution in [0.4, 0.5) is 0 Å². The van der Waals surface area contributed by atoms with Crippen molar-refractivity contribution in [2.24, 2.45) is 0 Å². The molecule has 0 heterocycles. The Morgan fingerprint density at radius 2 is 1.22 bits per heavy atom.